The molecule has 32 heavy (non-hydrogen) atoms. The van der Waals surface area contributed by atoms with Gasteiger partial charge in [-0.2, -0.15) is 0 Å². The normalized spacial score (nSPS) is 13.4. The number of rotatable bonds is 6. The van der Waals surface area contributed by atoms with Crippen LogP contribution >= 0.6 is 0 Å². The highest BCUT2D eigenvalue weighted by Gasteiger charge is 2.24. The number of carbonyl (C=O) groups is 2. The summed E-state index contributed by atoms with van der Waals surface area (Å²) in [7, 11) is 0. The number of pyridine rings is 1. The minimum absolute atomic E-state index is 0.108. The third kappa shape index (κ3) is 4.96. The molecule has 0 saturated carbocycles. The van der Waals surface area contributed by atoms with Gasteiger partial charge in [-0.25, -0.2) is 8.78 Å². The SMILES string of the molecule is O=C(CCc1cccnc1)NCc1nnc2n1CCN(C(=O)c1ccc(F)cc1F)CC2. The number of aryl methyl sites for hydroxylation is 1. The van der Waals surface area contributed by atoms with E-state index in [9.17, 15) is 18.4 Å². The molecule has 0 spiro atoms. The van der Waals surface area contributed by atoms with Gasteiger partial charge in [0.15, 0.2) is 5.82 Å². The zero-order valence-corrected chi connectivity index (χ0v) is 17.3. The number of halogens is 2. The average molecular weight is 440 g/mol. The monoisotopic (exact) mass is 440 g/mol. The first-order valence-electron chi connectivity index (χ1n) is 10.3. The summed E-state index contributed by atoms with van der Waals surface area (Å²) in [6, 6.07) is 6.68. The number of hydrogen-bond donors (Lipinski definition) is 1. The maximum Gasteiger partial charge on any atom is 0.256 e. The van der Waals surface area contributed by atoms with E-state index >= 15 is 0 Å². The van der Waals surface area contributed by atoms with Gasteiger partial charge in [0.2, 0.25) is 5.91 Å². The van der Waals surface area contributed by atoms with Crippen molar-refractivity contribution in [1.82, 2.24) is 30.0 Å². The van der Waals surface area contributed by atoms with E-state index in [4.69, 9.17) is 0 Å². The Hall–Kier alpha value is -3.69. The van der Waals surface area contributed by atoms with Crippen LogP contribution in [-0.4, -0.2) is 49.6 Å². The summed E-state index contributed by atoms with van der Waals surface area (Å²) in [6.07, 6.45) is 4.78. The minimum atomic E-state index is -0.881. The highest BCUT2D eigenvalue weighted by molar-refractivity contribution is 5.94. The molecule has 10 heteroatoms. The Morgan fingerprint density at radius 2 is 1.97 bits per heavy atom. The van der Waals surface area contributed by atoms with Gasteiger partial charge in [0.25, 0.3) is 5.91 Å². The molecule has 1 aliphatic rings. The summed E-state index contributed by atoms with van der Waals surface area (Å²) in [5.74, 6) is -0.923. The van der Waals surface area contributed by atoms with Crippen LogP contribution in [0.25, 0.3) is 0 Å². The van der Waals surface area contributed by atoms with E-state index in [0.717, 1.165) is 17.7 Å². The molecule has 3 aromatic rings. The van der Waals surface area contributed by atoms with E-state index in [0.29, 0.717) is 56.6 Å². The zero-order chi connectivity index (χ0) is 22.5. The fourth-order valence-corrected chi connectivity index (χ4v) is 3.62. The van der Waals surface area contributed by atoms with Crippen molar-refractivity contribution in [3.63, 3.8) is 0 Å². The van der Waals surface area contributed by atoms with Gasteiger partial charge in [-0.1, -0.05) is 6.07 Å². The molecule has 0 atom stereocenters. The topological polar surface area (TPSA) is 93.0 Å². The summed E-state index contributed by atoms with van der Waals surface area (Å²) in [5.41, 5.74) is 0.825. The lowest BCUT2D eigenvalue weighted by molar-refractivity contribution is -0.121. The lowest BCUT2D eigenvalue weighted by atomic mass is 10.1. The molecule has 4 rings (SSSR count). The van der Waals surface area contributed by atoms with Crippen LogP contribution in [0.15, 0.2) is 42.7 Å². The first kappa shape index (κ1) is 21.5. The third-order valence-corrected chi connectivity index (χ3v) is 5.36. The summed E-state index contributed by atoms with van der Waals surface area (Å²) in [6.45, 7) is 1.30. The van der Waals surface area contributed by atoms with Gasteiger partial charge in [0, 0.05) is 50.9 Å². The Morgan fingerprint density at radius 3 is 2.75 bits per heavy atom. The predicted octanol–water partition coefficient (Wildman–Crippen LogP) is 1.90. The van der Waals surface area contributed by atoms with Crippen molar-refractivity contribution in [2.45, 2.75) is 32.4 Å². The van der Waals surface area contributed by atoms with Gasteiger partial charge in [0.05, 0.1) is 12.1 Å². The van der Waals surface area contributed by atoms with E-state index in [1.54, 1.807) is 12.4 Å². The maximum absolute atomic E-state index is 14.0. The number of benzene rings is 1. The molecule has 8 nitrogen and oxygen atoms in total. The molecule has 3 heterocycles. The fourth-order valence-electron chi connectivity index (χ4n) is 3.62. The molecule has 0 bridgehead atoms. The molecular formula is C22H22F2N6O2. The number of amides is 2. The second kappa shape index (κ2) is 9.63. The largest absolute Gasteiger partial charge is 0.349 e. The van der Waals surface area contributed by atoms with Crippen molar-refractivity contribution in [3.05, 3.63) is 77.1 Å². The van der Waals surface area contributed by atoms with Gasteiger partial charge in [-0.15, -0.1) is 10.2 Å². The van der Waals surface area contributed by atoms with E-state index in [1.165, 1.54) is 4.90 Å². The Balaban J connectivity index is 1.34. The summed E-state index contributed by atoms with van der Waals surface area (Å²) in [5, 5.41) is 11.2. The highest BCUT2D eigenvalue weighted by Crippen LogP contribution is 2.16. The number of carbonyl (C=O) groups excluding carboxylic acids is 2. The van der Waals surface area contributed by atoms with Crippen LogP contribution in [0.1, 0.15) is 34.0 Å². The summed E-state index contributed by atoms with van der Waals surface area (Å²) >= 11 is 0. The number of nitrogens with zero attached hydrogens (tertiary/aromatic N) is 5. The van der Waals surface area contributed by atoms with Crippen LogP contribution in [0.3, 0.4) is 0 Å². The van der Waals surface area contributed by atoms with Crippen molar-refractivity contribution < 1.29 is 18.4 Å². The van der Waals surface area contributed by atoms with Crippen molar-refractivity contribution in [2.75, 3.05) is 13.1 Å². The standard InChI is InChI=1S/C22H22F2N6O2/c23-16-4-5-17(18(24)12-16)22(32)29-9-7-19-27-28-20(30(19)11-10-29)14-26-21(31)6-3-15-2-1-8-25-13-15/h1-2,4-5,8,12-13H,3,6-7,9-11,14H2,(H,26,31). The van der Waals surface area contributed by atoms with Crippen molar-refractivity contribution in [2.24, 2.45) is 0 Å². The molecule has 2 aromatic heterocycles. The first-order chi connectivity index (χ1) is 15.5. The van der Waals surface area contributed by atoms with Crippen LogP contribution in [0.5, 0.6) is 0 Å². The minimum Gasteiger partial charge on any atom is -0.349 e. The third-order valence-electron chi connectivity index (χ3n) is 5.36. The molecule has 0 saturated heterocycles. The van der Waals surface area contributed by atoms with Gasteiger partial charge < -0.3 is 14.8 Å². The smallest absolute Gasteiger partial charge is 0.256 e. The molecule has 0 aliphatic carbocycles. The van der Waals surface area contributed by atoms with Gasteiger partial charge in [0.1, 0.15) is 17.5 Å². The van der Waals surface area contributed by atoms with Crippen LogP contribution in [0.4, 0.5) is 8.78 Å². The van der Waals surface area contributed by atoms with Gasteiger partial charge in [-0.3, -0.25) is 14.6 Å². The first-order valence-corrected chi connectivity index (χ1v) is 10.3. The Kier molecular flexibility index (Phi) is 6.48. The average Bonchev–Trinajstić information content (AvgIpc) is 3.05. The molecular weight excluding hydrogens is 418 g/mol. The van der Waals surface area contributed by atoms with Crippen LogP contribution in [-0.2, 0) is 30.7 Å². The summed E-state index contributed by atoms with van der Waals surface area (Å²) < 4.78 is 29.0. The molecule has 0 fully saturated rings. The molecule has 1 aliphatic heterocycles. The fraction of sp³-hybridized carbons (Fsp3) is 0.318. The number of nitrogens with one attached hydrogen (secondary N) is 1. The Morgan fingerprint density at radius 1 is 1.09 bits per heavy atom. The molecule has 166 valence electrons. The Bertz CT molecular complexity index is 1120. The molecule has 2 amide bonds. The van der Waals surface area contributed by atoms with Crippen molar-refractivity contribution in [1.29, 1.82) is 0 Å². The van der Waals surface area contributed by atoms with E-state index in [2.05, 4.69) is 20.5 Å². The van der Waals surface area contributed by atoms with Gasteiger partial charge in [-0.05, 0) is 30.2 Å². The number of hydrogen-bond acceptors (Lipinski definition) is 5. The van der Waals surface area contributed by atoms with Crippen LogP contribution in [0, 0.1) is 11.6 Å². The van der Waals surface area contributed by atoms with Crippen LogP contribution < -0.4 is 5.32 Å². The molecule has 0 radical (unpaired) electrons. The summed E-state index contributed by atoms with van der Waals surface area (Å²) in [4.78, 5) is 30.4. The quantitative estimate of drug-likeness (QED) is 0.632. The maximum atomic E-state index is 14.0. The molecule has 0 unspecified atom stereocenters. The van der Waals surface area contributed by atoms with Crippen LogP contribution in [0.2, 0.25) is 0 Å². The number of fused-ring (bicyclic) bond motifs is 1. The van der Waals surface area contributed by atoms with E-state index in [1.807, 2.05) is 16.7 Å². The second-order valence-corrected chi connectivity index (χ2v) is 7.49. The molecule has 1 aromatic carbocycles. The number of aromatic nitrogens is 4. The Labute approximate surface area is 183 Å². The van der Waals surface area contributed by atoms with E-state index in [-0.39, 0.29) is 18.0 Å². The predicted molar refractivity (Wildman–Crippen MR) is 110 cm³/mol. The second-order valence-electron chi connectivity index (χ2n) is 7.49. The zero-order valence-electron chi connectivity index (χ0n) is 17.3. The van der Waals surface area contributed by atoms with Crippen molar-refractivity contribution >= 4 is 11.8 Å². The lowest BCUT2D eigenvalue weighted by Gasteiger charge is -2.20. The van der Waals surface area contributed by atoms with E-state index < -0.39 is 17.5 Å². The highest BCUT2D eigenvalue weighted by atomic mass is 19.1. The van der Waals surface area contributed by atoms with Gasteiger partial charge >= 0.3 is 0 Å². The molecule has 1 N–H and O–H groups in total. The van der Waals surface area contributed by atoms with Crippen molar-refractivity contribution in [3.8, 4) is 0 Å². The lowest BCUT2D eigenvalue weighted by Crippen LogP contribution is -2.34.